The van der Waals surface area contributed by atoms with Crippen LogP contribution in [0.1, 0.15) is 37.0 Å². The third-order valence-electron chi connectivity index (χ3n) is 5.51. The van der Waals surface area contributed by atoms with Crippen molar-refractivity contribution in [2.45, 2.75) is 46.7 Å². The van der Waals surface area contributed by atoms with Gasteiger partial charge in [0.1, 0.15) is 12.6 Å². The highest BCUT2D eigenvalue weighted by Gasteiger charge is 2.30. The number of halogens is 1. The van der Waals surface area contributed by atoms with Gasteiger partial charge >= 0.3 is 0 Å². The Hall–Kier alpha value is -2.58. The molecule has 0 aromatic heterocycles. The molecule has 1 atom stereocenters. The Kier molecular flexibility index (Phi) is 9.31. The van der Waals surface area contributed by atoms with E-state index in [0.717, 1.165) is 28.1 Å². The quantitative estimate of drug-likeness (QED) is 0.547. The Morgan fingerprint density at radius 1 is 1.09 bits per heavy atom. The maximum Gasteiger partial charge on any atom is 0.244 e. The van der Waals surface area contributed by atoms with Crippen molar-refractivity contribution in [3.05, 3.63) is 64.2 Å². The average Bonchev–Trinajstić information content (AvgIpc) is 2.76. The van der Waals surface area contributed by atoms with E-state index in [9.17, 15) is 18.0 Å². The fourth-order valence-electron chi connectivity index (χ4n) is 3.41. The van der Waals surface area contributed by atoms with Crippen LogP contribution in [-0.2, 0) is 26.2 Å². The molecule has 9 heteroatoms. The van der Waals surface area contributed by atoms with Crippen LogP contribution in [0.5, 0.6) is 0 Å². The number of hydrogen-bond donors (Lipinski definition) is 1. The molecule has 2 amide bonds. The van der Waals surface area contributed by atoms with Gasteiger partial charge in [0.15, 0.2) is 0 Å². The third-order valence-corrected chi connectivity index (χ3v) is 7.04. The zero-order valence-electron chi connectivity index (χ0n) is 19.8. The molecule has 1 N–H and O–H groups in total. The van der Waals surface area contributed by atoms with Gasteiger partial charge in [-0.2, -0.15) is 0 Å². The Labute approximate surface area is 201 Å². The SMILES string of the molecule is CCCNC(=O)[C@H](C)N(Cc1ccccc1C)C(=O)CN(c1cccc(Cl)c1C)S(C)(=O)=O. The van der Waals surface area contributed by atoms with Crippen LogP contribution in [-0.4, -0.2) is 50.5 Å². The number of amides is 2. The van der Waals surface area contributed by atoms with Crippen LogP contribution in [0.3, 0.4) is 0 Å². The minimum atomic E-state index is -3.80. The van der Waals surface area contributed by atoms with Crippen LogP contribution >= 0.6 is 11.6 Å². The number of hydrogen-bond acceptors (Lipinski definition) is 4. The first-order chi connectivity index (χ1) is 15.5. The van der Waals surface area contributed by atoms with Gasteiger partial charge in [-0.25, -0.2) is 8.42 Å². The van der Waals surface area contributed by atoms with Crippen molar-refractivity contribution in [3.63, 3.8) is 0 Å². The van der Waals surface area contributed by atoms with Crippen molar-refractivity contribution in [1.82, 2.24) is 10.2 Å². The Morgan fingerprint density at radius 3 is 2.36 bits per heavy atom. The molecule has 33 heavy (non-hydrogen) atoms. The normalized spacial score (nSPS) is 12.2. The van der Waals surface area contributed by atoms with E-state index in [2.05, 4.69) is 5.32 Å². The lowest BCUT2D eigenvalue weighted by Gasteiger charge is -2.32. The number of aryl methyl sites for hydroxylation is 1. The minimum absolute atomic E-state index is 0.179. The third kappa shape index (κ3) is 6.95. The van der Waals surface area contributed by atoms with E-state index < -0.39 is 28.5 Å². The summed E-state index contributed by atoms with van der Waals surface area (Å²) in [5.74, 6) is -0.772. The summed E-state index contributed by atoms with van der Waals surface area (Å²) in [4.78, 5) is 27.7. The van der Waals surface area contributed by atoms with Crippen molar-refractivity contribution in [1.29, 1.82) is 0 Å². The fraction of sp³-hybridized carbons (Fsp3) is 0.417. The van der Waals surface area contributed by atoms with Crippen LogP contribution in [0.15, 0.2) is 42.5 Å². The lowest BCUT2D eigenvalue weighted by atomic mass is 10.1. The Morgan fingerprint density at radius 2 is 1.76 bits per heavy atom. The van der Waals surface area contributed by atoms with Crippen LogP contribution in [0.25, 0.3) is 0 Å². The molecule has 2 rings (SSSR count). The van der Waals surface area contributed by atoms with Crippen molar-refractivity contribution in [3.8, 4) is 0 Å². The van der Waals surface area contributed by atoms with Crippen LogP contribution in [0.4, 0.5) is 5.69 Å². The van der Waals surface area contributed by atoms with E-state index in [1.807, 2.05) is 38.1 Å². The molecule has 0 radical (unpaired) electrons. The molecule has 7 nitrogen and oxygen atoms in total. The molecule has 0 aliphatic heterocycles. The monoisotopic (exact) mass is 493 g/mol. The molecule has 0 spiro atoms. The number of nitrogens with zero attached hydrogens (tertiary/aromatic N) is 2. The van der Waals surface area contributed by atoms with E-state index in [4.69, 9.17) is 11.6 Å². The first-order valence-corrected chi connectivity index (χ1v) is 13.0. The second kappa shape index (κ2) is 11.5. The zero-order valence-corrected chi connectivity index (χ0v) is 21.3. The maximum absolute atomic E-state index is 13.5. The Balaban J connectivity index is 2.43. The van der Waals surface area contributed by atoms with Gasteiger partial charge in [-0.3, -0.25) is 13.9 Å². The molecule has 0 fully saturated rings. The van der Waals surface area contributed by atoms with Gasteiger partial charge < -0.3 is 10.2 Å². The summed E-state index contributed by atoms with van der Waals surface area (Å²) < 4.78 is 26.3. The van der Waals surface area contributed by atoms with E-state index >= 15 is 0 Å². The summed E-state index contributed by atoms with van der Waals surface area (Å²) >= 11 is 6.20. The standard InChI is InChI=1S/C24H32ClN3O4S/c1-6-14-26-24(30)19(4)27(15-20-11-8-7-10-17(20)2)23(29)16-28(33(5,31)32)22-13-9-12-21(25)18(22)3/h7-13,19H,6,14-16H2,1-5H3,(H,26,30)/t19-/m0/s1. The zero-order chi connectivity index (χ0) is 24.8. The van der Waals surface area contributed by atoms with Gasteiger partial charge in [-0.1, -0.05) is 48.9 Å². The molecular formula is C24H32ClN3O4S. The van der Waals surface area contributed by atoms with E-state index in [1.54, 1.807) is 32.0 Å². The van der Waals surface area contributed by atoms with Gasteiger partial charge in [0.2, 0.25) is 21.8 Å². The first kappa shape index (κ1) is 26.7. The second-order valence-electron chi connectivity index (χ2n) is 8.07. The molecular weight excluding hydrogens is 462 g/mol. The topological polar surface area (TPSA) is 86.8 Å². The number of carbonyl (C=O) groups excluding carboxylic acids is 2. The number of benzene rings is 2. The van der Waals surface area contributed by atoms with E-state index in [1.165, 1.54) is 4.90 Å². The highest BCUT2D eigenvalue weighted by molar-refractivity contribution is 7.92. The maximum atomic E-state index is 13.5. The van der Waals surface area contributed by atoms with Gasteiger partial charge in [-0.15, -0.1) is 0 Å². The molecule has 2 aromatic rings. The van der Waals surface area contributed by atoms with Crippen molar-refractivity contribution in [2.75, 3.05) is 23.7 Å². The number of carbonyl (C=O) groups is 2. The van der Waals surface area contributed by atoms with Crippen molar-refractivity contribution in [2.24, 2.45) is 0 Å². The summed E-state index contributed by atoms with van der Waals surface area (Å²) in [6, 6.07) is 11.7. The van der Waals surface area contributed by atoms with E-state index in [-0.39, 0.29) is 12.5 Å². The van der Waals surface area contributed by atoms with E-state index in [0.29, 0.717) is 22.8 Å². The average molecular weight is 494 g/mol. The Bertz CT molecular complexity index is 1100. The summed E-state index contributed by atoms with van der Waals surface area (Å²) in [6.07, 6.45) is 1.81. The minimum Gasteiger partial charge on any atom is -0.354 e. The van der Waals surface area contributed by atoms with Crippen molar-refractivity contribution >= 4 is 39.1 Å². The molecule has 0 unspecified atom stereocenters. The van der Waals surface area contributed by atoms with Crippen LogP contribution in [0, 0.1) is 13.8 Å². The molecule has 0 aliphatic rings. The lowest BCUT2D eigenvalue weighted by molar-refractivity contribution is -0.139. The first-order valence-electron chi connectivity index (χ1n) is 10.8. The molecule has 0 saturated heterocycles. The number of sulfonamides is 1. The summed E-state index contributed by atoms with van der Waals surface area (Å²) in [6.45, 7) is 7.45. The highest BCUT2D eigenvalue weighted by atomic mass is 35.5. The molecule has 0 heterocycles. The smallest absolute Gasteiger partial charge is 0.244 e. The van der Waals surface area contributed by atoms with Gasteiger partial charge in [0, 0.05) is 18.1 Å². The second-order valence-corrected chi connectivity index (χ2v) is 10.4. The summed E-state index contributed by atoms with van der Waals surface area (Å²) in [5.41, 5.74) is 2.74. The number of nitrogens with one attached hydrogen (secondary N) is 1. The van der Waals surface area contributed by atoms with Gasteiger partial charge in [0.05, 0.1) is 11.9 Å². The van der Waals surface area contributed by atoms with Crippen LogP contribution < -0.4 is 9.62 Å². The largest absolute Gasteiger partial charge is 0.354 e. The summed E-state index contributed by atoms with van der Waals surface area (Å²) in [7, 11) is -3.80. The fourth-order valence-corrected chi connectivity index (χ4v) is 4.48. The molecule has 0 saturated carbocycles. The van der Waals surface area contributed by atoms with Gasteiger partial charge in [-0.05, 0) is 56.0 Å². The molecule has 180 valence electrons. The number of rotatable bonds is 10. The highest BCUT2D eigenvalue weighted by Crippen LogP contribution is 2.28. The molecule has 0 bridgehead atoms. The number of anilines is 1. The predicted octanol–water partition coefficient (Wildman–Crippen LogP) is 3.67. The molecule has 0 aliphatic carbocycles. The lowest BCUT2D eigenvalue weighted by Crippen LogP contribution is -2.51. The predicted molar refractivity (Wildman–Crippen MR) is 133 cm³/mol. The van der Waals surface area contributed by atoms with Crippen LogP contribution in [0.2, 0.25) is 5.02 Å². The van der Waals surface area contributed by atoms with Crippen molar-refractivity contribution < 1.29 is 18.0 Å². The van der Waals surface area contributed by atoms with Gasteiger partial charge in [0.25, 0.3) is 0 Å². The molecule has 2 aromatic carbocycles. The summed E-state index contributed by atoms with van der Waals surface area (Å²) in [5, 5.41) is 3.22.